The molecule has 62 heavy (non-hydrogen) atoms. The molecule has 0 aliphatic rings. The van der Waals surface area contributed by atoms with Crippen LogP contribution in [0.1, 0.15) is 0 Å². The molecule has 0 bridgehead atoms. The van der Waals surface area contributed by atoms with E-state index in [4.69, 9.17) is 0 Å². The lowest BCUT2D eigenvalue weighted by Gasteiger charge is -2.26. The maximum Gasteiger partial charge on any atom is 0.0462 e. The zero-order chi connectivity index (χ0) is 41.0. The van der Waals surface area contributed by atoms with Crippen LogP contribution >= 0.6 is 11.3 Å². The zero-order valence-corrected chi connectivity index (χ0v) is 34.7. The van der Waals surface area contributed by atoms with Gasteiger partial charge < -0.3 is 4.90 Å². The first-order valence-corrected chi connectivity index (χ1v) is 22.1. The average molecular weight is 806 g/mol. The third-order valence-electron chi connectivity index (χ3n) is 12.5. The van der Waals surface area contributed by atoms with Gasteiger partial charge in [0.2, 0.25) is 0 Å². The third kappa shape index (κ3) is 6.24. The molecule has 0 saturated carbocycles. The van der Waals surface area contributed by atoms with Crippen molar-refractivity contribution in [3.63, 3.8) is 0 Å². The Bertz CT molecular complexity index is 3610. The van der Waals surface area contributed by atoms with Crippen LogP contribution in [-0.4, -0.2) is 0 Å². The van der Waals surface area contributed by atoms with Gasteiger partial charge in [-0.05, 0) is 137 Å². The normalized spacial score (nSPS) is 11.5. The van der Waals surface area contributed by atoms with Gasteiger partial charge in [0.15, 0.2) is 0 Å². The van der Waals surface area contributed by atoms with Gasteiger partial charge in [-0.15, -0.1) is 11.3 Å². The topological polar surface area (TPSA) is 3.24 Å². The lowest BCUT2D eigenvalue weighted by molar-refractivity contribution is 1.28. The summed E-state index contributed by atoms with van der Waals surface area (Å²) >= 11 is 1.86. The molecule has 2 heteroatoms. The molecule has 0 atom stereocenters. The second-order valence-electron chi connectivity index (χ2n) is 16.1. The van der Waals surface area contributed by atoms with Gasteiger partial charge >= 0.3 is 0 Å². The highest BCUT2D eigenvalue weighted by molar-refractivity contribution is 7.25. The molecule has 0 fully saturated rings. The van der Waals surface area contributed by atoms with Crippen LogP contribution < -0.4 is 4.90 Å². The highest BCUT2D eigenvalue weighted by Gasteiger charge is 2.17. The van der Waals surface area contributed by atoms with Crippen LogP contribution in [0, 0.1) is 0 Å². The number of hydrogen-bond acceptors (Lipinski definition) is 2. The molecule has 0 unspecified atom stereocenters. The maximum atomic E-state index is 2.38. The minimum Gasteiger partial charge on any atom is -0.311 e. The van der Waals surface area contributed by atoms with Gasteiger partial charge in [0.25, 0.3) is 0 Å². The lowest BCUT2D eigenvalue weighted by atomic mass is 9.93. The molecule has 0 aliphatic heterocycles. The van der Waals surface area contributed by atoms with Gasteiger partial charge in [-0.1, -0.05) is 176 Å². The van der Waals surface area contributed by atoms with E-state index in [2.05, 4.69) is 241 Å². The van der Waals surface area contributed by atoms with Gasteiger partial charge in [-0.3, -0.25) is 0 Å². The van der Waals surface area contributed by atoms with E-state index in [0.717, 1.165) is 17.1 Å². The van der Waals surface area contributed by atoms with Crippen molar-refractivity contribution in [1.82, 2.24) is 0 Å². The van der Waals surface area contributed by atoms with Gasteiger partial charge in [0.05, 0.1) is 0 Å². The molecule has 0 spiro atoms. The standard InChI is InChI=1S/C60H39NS/c1-3-17-50-41(12-1)14-10-22-51(50)45-16-9-15-44(38-45)40-26-32-47(33-27-40)61(48-34-28-42(29-35-48)53-23-11-25-59-60(53)56-21-7-8-24-58(56)62-59)49-36-30-43(31-37-49)57-39-46-13-2-4-18-52(46)54-19-5-6-20-55(54)57/h1-39H. The van der Waals surface area contributed by atoms with Gasteiger partial charge in [-0.2, -0.15) is 0 Å². The minimum atomic E-state index is 1.10. The molecule has 290 valence electrons. The Morgan fingerprint density at radius 3 is 1.50 bits per heavy atom. The molecule has 0 radical (unpaired) electrons. The van der Waals surface area contributed by atoms with E-state index in [1.54, 1.807) is 0 Å². The second kappa shape index (κ2) is 15.0. The Morgan fingerprint density at radius 1 is 0.258 bits per heavy atom. The van der Waals surface area contributed by atoms with Crippen LogP contribution in [0.2, 0.25) is 0 Å². The molecule has 1 aromatic heterocycles. The summed E-state index contributed by atoms with van der Waals surface area (Å²) in [6.45, 7) is 0. The van der Waals surface area contributed by atoms with Crippen molar-refractivity contribution in [3.05, 3.63) is 237 Å². The predicted octanol–water partition coefficient (Wildman–Crippen LogP) is 17.7. The predicted molar refractivity (Wildman–Crippen MR) is 268 cm³/mol. The molecule has 12 aromatic rings. The van der Waals surface area contributed by atoms with Gasteiger partial charge in [0, 0.05) is 37.2 Å². The molecule has 1 nitrogen and oxygen atoms in total. The first kappa shape index (κ1) is 36.1. The number of nitrogens with zero attached hydrogens (tertiary/aromatic N) is 1. The van der Waals surface area contributed by atoms with Crippen LogP contribution in [0.15, 0.2) is 237 Å². The second-order valence-corrected chi connectivity index (χ2v) is 17.1. The van der Waals surface area contributed by atoms with Crippen LogP contribution in [0.25, 0.3) is 97.0 Å². The highest BCUT2D eigenvalue weighted by Crippen LogP contribution is 2.43. The molecule has 0 aliphatic carbocycles. The van der Waals surface area contributed by atoms with Crippen molar-refractivity contribution < 1.29 is 0 Å². The Kier molecular flexibility index (Phi) is 8.76. The van der Waals surface area contributed by atoms with E-state index in [1.165, 1.54) is 97.0 Å². The summed E-state index contributed by atoms with van der Waals surface area (Å²) in [7, 11) is 0. The summed E-state index contributed by atoms with van der Waals surface area (Å²) in [5.74, 6) is 0. The number of rotatable bonds is 7. The van der Waals surface area contributed by atoms with E-state index < -0.39 is 0 Å². The smallest absolute Gasteiger partial charge is 0.0462 e. The van der Waals surface area contributed by atoms with E-state index in [0.29, 0.717) is 0 Å². The number of hydrogen-bond donors (Lipinski definition) is 0. The SMILES string of the molecule is c1cc(-c2ccc(N(c3ccc(-c4cc5ccccc5c5ccccc45)cc3)c3ccc(-c4cccc5sc6ccccc6c45)cc3)cc2)cc(-c2cccc3ccccc23)c1. The lowest BCUT2D eigenvalue weighted by Crippen LogP contribution is -2.09. The van der Waals surface area contributed by atoms with Crippen molar-refractivity contribution in [2.45, 2.75) is 0 Å². The minimum absolute atomic E-state index is 1.10. The van der Waals surface area contributed by atoms with Crippen LogP contribution in [0.4, 0.5) is 17.1 Å². The number of fused-ring (bicyclic) bond motifs is 7. The fourth-order valence-corrected chi connectivity index (χ4v) is 10.6. The average Bonchev–Trinajstić information content (AvgIpc) is 3.74. The molecule has 0 saturated heterocycles. The van der Waals surface area contributed by atoms with Gasteiger partial charge in [-0.25, -0.2) is 0 Å². The van der Waals surface area contributed by atoms with E-state index in [1.807, 2.05) is 11.3 Å². The van der Waals surface area contributed by atoms with Crippen LogP contribution in [0.3, 0.4) is 0 Å². The first-order valence-electron chi connectivity index (χ1n) is 21.2. The molecule has 11 aromatic carbocycles. The van der Waals surface area contributed by atoms with Crippen LogP contribution in [-0.2, 0) is 0 Å². The van der Waals surface area contributed by atoms with Crippen molar-refractivity contribution in [2.75, 3.05) is 4.90 Å². The van der Waals surface area contributed by atoms with Crippen molar-refractivity contribution in [2.24, 2.45) is 0 Å². The monoisotopic (exact) mass is 805 g/mol. The maximum absolute atomic E-state index is 2.38. The molecule has 1 heterocycles. The van der Waals surface area contributed by atoms with E-state index >= 15 is 0 Å². The number of benzene rings is 11. The summed E-state index contributed by atoms with van der Waals surface area (Å²) in [6, 6.07) is 86.7. The highest BCUT2D eigenvalue weighted by atomic mass is 32.1. The summed E-state index contributed by atoms with van der Waals surface area (Å²) in [6.07, 6.45) is 0. The quantitative estimate of drug-likeness (QED) is 0.145. The Hall–Kier alpha value is -7.78. The Balaban J connectivity index is 0.945. The molecule has 0 amide bonds. The van der Waals surface area contributed by atoms with E-state index in [-0.39, 0.29) is 0 Å². The largest absolute Gasteiger partial charge is 0.311 e. The first-order chi connectivity index (χ1) is 30.7. The fourth-order valence-electron chi connectivity index (χ4n) is 9.48. The van der Waals surface area contributed by atoms with Crippen molar-refractivity contribution >= 4 is 80.9 Å². The zero-order valence-electron chi connectivity index (χ0n) is 33.9. The summed E-state index contributed by atoms with van der Waals surface area (Å²) in [4.78, 5) is 2.38. The summed E-state index contributed by atoms with van der Waals surface area (Å²) in [5, 5.41) is 10.2. The van der Waals surface area contributed by atoms with Crippen molar-refractivity contribution in [3.8, 4) is 44.5 Å². The third-order valence-corrected chi connectivity index (χ3v) is 13.6. The fraction of sp³-hybridized carbons (Fsp3) is 0. The molecule has 12 rings (SSSR count). The Morgan fingerprint density at radius 2 is 0.758 bits per heavy atom. The van der Waals surface area contributed by atoms with Crippen molar-refractivity contribution in [1.29, 1.82) is 0 Å². The van der Waals surface area contributed by atoms with Crippen LogP contribution in [0.5, 0.6) is 0 Å². The van der Waals surface area contributed by atoms with Gasteiger partial charge in [0.1, 0.15) is 0 Å². The number of thiophene rings is 1. The Labute approximate surface area is 365 Å². The molecular formula is C60H39NS. The van der Waals surface area contributed by atoms with E-state index in [9.17, 15) is 0 Å². The molecular weight excluding hydrogens is 767 g/mol. The summed E-state index contributed by atoms with van der Waals surface area (Å²) in [5.41, 5.74) is 13.1. The summed E-state index contributed by atoms with van der Waals surface area (Å²) < 4.78 is 2.64. The number of anilines is 3. The molecule has 0 N–H and O–H groups in total.